The Kier molecular flexibility index (Phi) is 6.25. The van der Waals surface area contributed by atoms with Crippen molar-refractivity contribution in [2.45, 2.75) is 51.7 Å². The Morgan fingerprint density at radius 2 is 2.21 bits per heavy atom. The van der Waals surface area contributed by atoms with E-state index in [-0.39, 0.29) is 11.6 Å². The van der Waals surface area contributed by atoms with Crippen molar-refractivity contribution in [1.82, 2.24) is 10.3 Å². The van der Waals surface area contributed by atoms with E-state index < -0.39 is 0 Å². The minimum atomic E-state index is -0.173. The Morgan fingerprint density at radius 3 is 2.74 bits per heavy atom. The van der Waals surface area contributed by atoms with E-state index in [9.17, 15) is 0 Å². The van der Waals surface area contributed by atoms with Crippen LogP contribution in [-0.4, -0.2) is 30.3 Å². The number of rotatable bonds is 8. The van der Waals surface area contributed by atoms with Crippen LogP contribution < -0.4 is 11.1 Å². The lowest BCUT2D eigenvalue weighted by Gasteiger charge is -2.36. The monoisotopic (exact) mass is 265 g/mol. The van der Waals surface area contributed by atoms with Gasteiger partial charge in [0.05, 0.1) is 5.60 Å². The topological polar surface area (TPSA) is 60.2 Å². The molecule has 2 unspecified atom stereocenters. The van der Waals surface area contributed by atoms with Crippen LogP contribution in [0.5, 0.6) is 0 Å². The molecule has 0 spiro atoms. The van der Waals surface area contributed by atoms with Gasteiger partial charge in [-0.05, 0) is 50.4 Å². The van der Waals surface area contributed by atoms with E-state index in [1.807, 2.05) is 12.1 Å². The second-order valence-electron chi connectivity index (χ2n) is 5.17. The largest absolute Gasteiger partial charge is 0.384 e. The average Bonchev–Trinajstić information content (AvgIpc) is 2.42. The number of nitrogens with one attached hydrogen (secondary N) is 1. The van der Waals surface area contributed by atoms with Gasteiger partial charge in [0, 0.05) is 19.3 Å². The second kappa shape index (κ2) is 7.46. The van der Waals surface area contributed by atoms with Crippen LogP contribution >= 0.6 is 0 Å². The Labute approximate surface area is 116 Å². The molecule has 1 heterocycles. The lowest BCUT2D eigenvalue weighted by Crippen LogP contribution is -2.51. The van der Waals surface area contributed by atoms with E-state index in [0.29, 0.717) is 5.82 Å². The van der Waals surface area contributed by atoms with Crippen molar-refractivity contribution in [1.29, 1.82) is 0 Å². The van der Waals surface area contributed by atoms with Crippen molar-refractivity contribution in [3.63, 3.8) is 0 Å². The number of anilines is 1. The zero-order valence-electron chi connectivity index (χ0n) is 12.6. The lowest BCUT2D eigenvalue weighted by molar-refractivity contribution is -0.0287. The molecule has 3 N–H and O–H groups in total. The summed E-state index contributed by atoms with van der Waals surface area (Å²) in [5.74, 6) is 0.572. The van der Waals surface area contributed by atoms with Gasteiger partial charge in [0.2, 0.25) is 0 Å². The van der Waals surface area contributed by atoms with E-state index in [1.54, 1.807) is 13.3 Å². The number of methoxy groups -OCH3 is 1. The SMILES string of the molecule is CCCNC(Cc1ccnc(N)c1)C(C)(CC)OC. The number of nitrogen functional groups attached to an aromatic ring is 1. The number of ether oxygens (including phenoxy) is 1. The first kappa shape index (κ1) is 15.9. The van der Waals surface area contributed by atoms with E-state index in [0.717, 1.165) is 25.8 Å². The number of hydrogen-bond acceptors (Lipinski definition) is 4. The molecule has 0 bridgehead atoms. The normalized spacial score (nSPS) is 16.0. The number of nitrogens with two attached hydrogens (primary N) is 1. The van der Waals surface area contributed by atoms with Gasteiger partial charge in [0.1, 0.15) is 5.82 Å². The Morgan fingerprint density at radius 1 is 1.47 bits per heavy atom. The summed E-state index contributed by atoms with van der Waals surface area (Å²) < 4.78 is 5.74. The Bertz CT molecular complexity index is 377. The zero-order valence-corrected chi connectivity index (χ0v) is 12.6. The van der Waals surface area contributed by atoms with Gasteiger partial charge in [-0.2, -0.15) is 0 Å². The van der Waals surface area contributed by atoms with Crippen molar-refractivity contribution in [3.8, 4) is 0 Å². The maximum atomic E-state index is 5.75. The first-order valence-electron chi connectivity index (χ1n) is 7.04. The smallest absolute Gasteiger partial charge is 0.123 e. The van der Waals surface area contributed by atoms with Crippen LogP contribution in [0.1, 0.15) is 39.2 Å². The molecule has 0 radical (unpaired) electrons. The van der Waals surface area contributed by atoms with Crippen LogP contribution in [0.2, 0.25) is 0 Å². The molecule has 1 aromatic heterocycles. The molecule has 0 fully saturated rings. The van der Waals surface area contributed by atoms with Crippen molar-refractivity contribution >= 4 is 5.82 Å². The molecule has 1 aromatic rings. The molecule has 4 nitrogen and oxygen atoms in total. The Balaban J connectivity index is 2.85. The van der Waals surface area contributed by atoms with E-state index in [4.69, 9.17) is 10.5 Å². The molecule has 2 atom stereocenters. The second-order valence-corrected chi connectivity index (χ2v) is 5.17. The minimum absolute atomic E-state index is 0.173. The summed E-state index contributed by atoms with van der Waals surface area (Å²) in [6, 6.07) is 4.22. The minimum Gasteiger partial charge on any atom is -0.384 e. The van der Waals surface area contributed by atoms with Crippen LogP contribution in [0.15, 0.2) is 18.3 Å². The molecule has 0 aromatic carbocycles. The molecule has 4 heteroatoms. The summed E-state index contributed by atoms with van der Waals surface area (Å²) >= 11 is 0. The molecule has 0 amide bonds. The highest BCUT2D eigenvalue weighted by atomic mass is 16.5. The third-order valence-corrected chi connectivity index (χ3v) is 3.83. The van der Waals surface area contributed by atoms with Gasteiger partial charge in [-0.3, -0.25) is 0 Å². The molecule has 0 saturated heterocycles. The molecule has 0 aliphatic rings. The van der Waals surface area contributed by atoms with Gasteiger partial charge in [-0.15, -0.1) is 0 Å². The van der Waals surface area contributed by atoms with Crippen LogP contribution in [0, 0.1) is 0 Å². The van der Waals surface area contributed by atoms with Crippen molar-refractivity contribution in [3.05, 3.63) is 23.9 Å². The predicted octanol–water partition coefficient (Wildman–Crippen LogP) is 2.39. The molecular formula is C15H27N3O. The number of nitrogens with zero attached hydrogens (tertiary/aromatic N) is 1. The highest BCUT2D eigenvalue weighted by Crippen LogP contribution is 2.22. The number of hydrogen-bond donors (Lipinski definition) is 2. The van der Waals surface area contributed by atoms with Crippen molar-refractivity contribution in [2.24, 2.45) is 0 Å². The van der Waals surface area contributed by atoms with Crippen LogP contribution in [0.25, 0.3) is 0 Å². The molecular weight excluding hydrogens is 238 g/mol. The summed E-state index contributed by atoms with van der Waals surface area (Å²) in [5.41, 5.74) is 6.76. The average molecular weight is 265 g/mol. The maximum Gasteiger partial charge on any atom is 0.123 e. The van der Waals surface area contributed by atoms with Crippen LogP contribution in [0.4, 0.5) is 5.82 Å². The van der Waals surface area contributed by atoms with Gasteiger partial charge in [-0.1, -0.05) is 13.8 Å². The van der Waals surface area contributed by atoms with E-state index in [1.165, 1.54) is 5.56 Å². The third-order valence-electron chi connectivity index (χ3n) is 3.83. The fourth-order valence-electron chi connectivity index (χ4n) is 2.21. The highest BCUT2D eigenvalue weighted by molar-refractivity contribution is 5.32. The van der Waals surface area contributed by atoms with Crippen molar-refractivity contribution < 1.29 is 4.74 Å². The van der Waals surface area contributed by atoms with Gasteiger partial charge in [0.25, 0.3) is 0 Å². The quantitative estimate of drug-likeness (QED) is 0.757. The maximum absolute atomic E-state index is 5.75. The molecule has 19 heavy (non-hydrogen) atoms. The first-order valence-corrected chi connectivity index (χ1v) is 7.04. The van der Waals surface area contributed by atoms with Crippen LogP contribution in [0.3, 0.4) is 0 Å². The molecule has 108 valence electrons. The fraction of sp³-hybridized carbons (Fsp3) is 0.667. The van der Waals surface area contributed by atoms with E-state index >= 15 is 0 Å². The summed E-state index contributed by atoms with van der Waals surface area (Å²) in [4.78, 5) is 4.04. The number of aromatic nitrogens is 1. The highest BCUT2D eigenvalue weighted by Gasteiger charge is 2.32. The zero-order chi connectivity index (χ0) is 14.3. The third kappa shape index (κ3) is 4.48. The van der Waals surface area contributed by atoms with Gasteiger partial charge >= 0.3 is 0 Å². The van der Waals surface area contributed by atoms with Gasteiger partial charge < -0.3 is 15.8 Å². The van der Waals surface area contributed by atoms with Gasteiger partial charge in [-0.25, -0.2) is 4.98 Å². The molecule has 0 aliphatic carbocycles. The van der Waals surface area contributed by atoms with Crippen molar-refractivity contribution in [2.75, 3.05) is 19.4 Å². The first-order chi connectivity index (χ1) is 9.05. The van der Waals surface area contributed by atoms with Gasteiger partial charge in [0.15, 0.2) is 0 Å². The standard InChI is InChI=1S/C15H27N3O/c1-5-8-17-13(15(3,6-2)19-4)10-12-7-9-18-14(16)11-12/h7,9,11,13,17H,5-6,8,10H2,1-4H3,(H2,16,18). The van der Waals surface area contributed by atoms with E-state index in [2.05, 4.69) is 31.1 Å². The molecule has 0 aliphatic heterocycles. The van der Waals surface area contributed by atoms with Crippen LogP contribution in [-0.2, 0) is 11.2 Å². The Hall–Kier alpha value is -1.13. The molecule has 1 rings (SSSR count). The summed E-state index contributed by atoms with van der Waals surface area (Å²) in [6.07, 6.45) is 4.73. The summed E-state index contributed by atoms with van der Waals surface area (Å²) in [6.45, 7) is 7.48. The molecule has 0 saturated carbocycles. The lowest BCUT2D eigenvalue weighted by atomic mass is 9.88. The summed E-state index contributed by atoms with van der Waals surface area (Å²) in [7, 11) is 1.78. The fourth-order valence-corrected chi connectivity index (χ4v) is 2.21. The number of pyridine rings is 1. The predicted molar refractivity (Wildman–Crippen MR) is 80.1 cm³/mol. The summed E-state index contributed by atoms with van der Waals surface area (Å²) in [5, 5.41) is 3.59.